The van der Waals surface area contributed by atoms with Crippen molar-refractivity contribution in [2.45, 2.75) is 18.6 Å². The molecule has 0 unspecified atom stereocenters. The average molecular weight is 675 g/mol. The maximum Gasteiger partial charge on any atom is 0.416 e. The number of aromatic nitrogens is 3. The van der Waals surface area contributed by atoms with Gasteiger partial charge in [0.2, 0.25) is 5.91 Å². The molecule has 0 aliphatic heterocycles. The summed E-state index contributed by atoms with van der Waals surface area (Å²) in [6.45, 7) is 0.375. The second kappa shape index (κ2) is 14.8. The van der Waals surface area contributed by atoms with Crippen molar-refractivity contribution in [1.82, 2.24) is 25.6 Å². The number of pyridine rings is 3. The van der Waals surface area contributed by atoms with E-state index in [4.69, 9.17) is 0 Å². The van der Waals surface area contributed by atoms with Crippen LogP contribution in [0.4, 0.5) is 19.0 Å². The van der Waals surface area contributed by atoms with Gasteiger partial charge in [0.25, 0.3) is 11.8 Å². The van der Waals surface area contributed by atoms with Crippen molar-refractivity contribution >= 4 is 34.4 Å². The van der Waals surface area contributed by atoms with Gasteiger partial charge in [0.15, 0.2) is 6.04 Å². The molecular formula is C38H29F3N6O3. The summed E-state index contributed by atoms with van der Waals surface area (Å²) in [6, 6.07) is 29.3. The molecule has 0 spiro atoms. The standard InChI is InChI=1S/C38H29F3N6O3/c39-38(40,41)28-15-11-25(12-16-28)33-29(9-6-21-43-33)36(49)46-32-18-14-26-23-27(13-17-30(26)45-32)35(48)47-34(31-10-4-5-20-42-31)37(50)44-22-19-24-7-2-1-3-8-24/h1-18,20-21,23,34H,19,22H2,(H,44,50)(H,47,48)(H,45,46,49)/t34-/m0/s1. The lowest BCUT2D eigenvalue weighted by Crippen LogP contribution is -2.41. The van der Waals surface area contributed by atoms with Crippen molar-refractivity contribution in [3.63, 3.8) is 0 Å². The summed E-state index contributed by atoms with van der Waals surface area (Å²) in [5, 5.41) is 9.00. The Kier molecular flexibility index (Phi) is 9.89. The van der Waals surface area contributed by atoms with Crippen LogP contribution in [0, 0.1) is 0 Å². The van der Waals surface area contributed by atoms with Crippen LogP contribution in [0.3, 0.4) is 0 Å². The lowest BCUT2D eigenvalue weighted by molar-refractivity contribution is -0.137. The highest BCUT2D eigenvalue weighted by Crippen LogP contribution is 2.31. The Morgan fingerprint density at radius 1 is 0.740 bits per heavy atom. The van der Waals surface area contributed by atoms with E-state index in [0.29, 0.717) is 35.1 Å². The molecule has 0 fully saturated rings. The average Bonchev–Trinajstić information content (AvgIpc) is 3.14. The van der Waals surface area contributed by atoms with Crippen molar-refractivity contribution in [3.8, 4) is 11.3 Å². The van der Waals surface area contributed by atoms with Gasteiger partial charge in [0, 0.05) is 35.5 Å². The number of nitrogens with zero attached hydrogens (tertiary/aromatic N) is 3. The molecule has 3 aromatic heterocycles. The number of halogens is 3. The Labute approximate surface area is 284 Å². The number of alkyl halides is 3. The molecule has 1 atom stereocenters. The molecule has 0 aliphatic carbocycles. The fourth-order valence-electron chi connectivity index (χ4n) is 5.27. The first-order valence-electron chi connectivity index (χ1n) is 15.5. The van der Waals surface area contributed by atoms with Crippen LogP contribution < -0.4 is 16.0 Å². The van der Waals surface area contributed by atoms with Gasteiger partial charge in [-0.3, -0.25) is 24.4 Å². The summed E-state index contributed by atoms with van der Waals surface area (Å²) in [7, 11) is 0. The minimum absolute atomic E-state index is 0.146. The summed E-state index contributed by atoms with van der Waals surface area (Å²) < 4.78 is 39.1. The molecule has 6 rings (SSSR count). The zero-order valence-electron chi connectivity index (χ0n) is 26.3. The largest absolute Gasteiger partial charge is 0.416 e. The zero-order chi connectivity index (χ0) is 35.1. The molecule has 0 radical (unpaired) electrons. The summed E-state index contributed by atoms with van der Waals surface area (Å²) in [4.78, 5) is 52.9. The third-order valence-corrected chi connectivity index (χ3v) is 7.81. The molecule has 0 saturated carbocycles. The van der Waals surface area contributed by atoms with Gasteiger partial charge in [-0.25, -0.2) is 4.98 Å². The highest BCUT2D eigenvalue weighted by Gasteiger charge is 2.30. The van der Waals surface area contributed by atoms with Crippen LogP contribution in [-0.2, 0) is 17.4 Å². The Hall–Kier alpha value is -6.43. The molecule has 250 valence electrons. The third kappa shape index (κ3) is 7.98. The molecular weight excluding hydrogens is 645 g/mol. The number of anilines is 1. The monoisotopic (exact) mass is 674 g/mol. The van der Waals surface area contributed by atoms with E-state index in [9.17, 15) is 27.6 Å². The number of rotatable bonds is 10. The number of amides is 3. The van der Waals surface area contributed by atoms with Crippen LogP contribution in [0.15, 0.2) is 128 Å². The molecule has 9 nitrogen and oxygen atoms in total. The fourth-order valence-corrected chi connectivity index (χ4v) is 5.27. The van der Waals surface area contributed by atoms with Crippen molar-refractivity contribution in [2.75, 3.05) is 11.9 Å². The number of hydrogen-bond donors (Lipinski definition) is 3. The lowest BCUT2D eigenvalue weighted by atomic mass is 10.0. The van der Waals surface area contributed by atoms with Crippen molar-refractivity contribution in [1.29, 1.82) is 0 Å². The number of nitrogens with one attached hydrogen (secondary N) is 3. The predicted molar refractivity (Wildman–Crippen MR) is 182 cm³/mol. The minimum atomic E-state index is -4.49. The van der Waals surface area contributed by atoms with E-state index >= 15 is 0 Å². The zero-order valence-corrected chi connectivity index (χ0v) is 26.3. The van der Waals surface area contributed by atoms with Gasteiger partial charge in [0.1, 0.15) is 5.82 Å². The van der Waals surface area contributed by atoms with Crippen molar-refractivity contribution < 1.29 is 27.6 Å². The van der Waals surface area contributed by atoms with Crippen LogP contribution in [0.1, 0.15) is 43.6 Å². The summed E-state index contributed by atoms with van der Waals surface area (Å²) in [5.41, 5.74) is 2.11. The van der Waals surface area contributed by atoms with E-state index in [-0.39, 0.29) is 22.6 Å². The Morgan fingerprint density at radius 2 is 1.50 bits per heavy atom. The SMILES string of the molecule is O=C(N[C@H](C(=O)NCCc1ccccc1)c1ccccn1)c1ccc2nc(NC(=O)c3cccnc3-c3ccc(C(F)(F)F)cc3)ccc2c1. The van der Waals surface area contributed by atoms with E-state index in [1.807, 2.05) is 30.3 Å². The highest BCUT2D eigenvalue weighted by atomic mass is 19.4. The molecule has 0 saturated heterocycles. The molecule has 3 heterocycles. The summed E-state index contributed by atoms with van der Waals surface area (Å²) in [5.74, 6) is -1.24. The van der Waals surface area contributed by atoms with E-state index in [1.54, 1.807) is 60.8 Å². The second-order valence-corrected chi connectivity index (χ2v) is 11.2. The van der Waals surface area contributed by atoms with E-state index in [1.165, 1.54) is 24.4 Å². The topological polar surface area (TPSA) is 126 Å². The van der Waals surface area contributed by atoms with Crippen molar-refractivity contribution in [2.24, 2.45) is 0 Å². The third-order valence-electron chi connectivity index (χ3n) is 7.81. The quantitative estimate of drug-likeness (QED) is 0.147. The van der Waals surface area contributed by atoms with E-state index in [2.05, 4.69) is 30.9 Å². The number of carbonyl (C=O) groups excluding carboxylic acids is 3. The summed E-state index contributed by atoms with van der Waals surface area (Å²) in [6.07, 6.45) is -0.870. The van der Waals surface area contributed by atoms with Gasteiger partial charge in [-0.15, -0.1) is 0 Å². The van der Waals surface area contributed by atoms with Crippen LogP contribution in [0.25, 0.3) is 22.2 Å². The fraction of sp³-hybridized carbons (Fsp3) is 0.105. The van der Waals surface area contributed by atoms with Gasteiger partial charge in [-0.05, 0) is 78.7 Å². The molecule has 12 heteroatoms. The van der Waals surface area contributed by atoms with Gasteiger partial charge in [0.05, 0.1) is 28.0 Å². The maximum absolute atomic E-state index is 13.4. The molecule has 50 heavy (non-hydrogen) atoms. The normalized spacial score (nSPS) is 11.8. The molecule has 0 bridgehead atoms. The molecule has 6 aromatic rings. The predicted octanol–water partition coefficient (Wildman–Crippen LogP) is 6.79. The van der Waals surface area contributed by atoms with Gasteiger partial charge in [-0.2, -0.15) is 13.2 Å². The number of fused-ring (bicyclic) bond motifs is 1. The smallest absolute Gasteiger partial charge is 0.354 e. The van der Waals surface area contributed by atoms with Gasteiger partial charge in [-0.1, -0.05) is 48.5 Å². The first-order valence-corrected chi connectivity index (χ1v) is 15.5. The molecule has 3 amide bonds. The van der Waals surface area contributed by atoms with Crippen LogP contribution in [0.5, 0.6) is 0 Å². The number of benzene rings is 3. The van der Waals surface area contributed by atoms with Crippen LogP contribution in [-0.4, -0.2) is 39.2 Å². The maximum atomic E-state index is 13.4. The van der Waals surface area contributed by atoms with Gasteiger partial charge < -0.3 is 16.0 Å². The molecule has 0 aliphatic rings. The van der Waals surface area contributed by atoms with E-state index in [0.717, 1.165) is 17.7 Å². The second-order valence-electron chi connectivity index (χ2n) is 11.2. The van der Waals surface area contributed by atoms with Crippen LogP contribution in [0.2, 0.25) is 0 Å². The number of carbonyl (C=O) groups is 3. The summed E-state index contributed by atoms with van der Waals surface area (Å²) >= 11 is 0. The van der Waals surface area contributed by atoms with Crippen LogP contribution >= 0.6 is 0 Å². The minimum Gasteiger partial charge on any atom is -0.354 e. The van der Waals surface area contributed by atoms with Gasteiger partial charge >= 0.3 is 6.18 Å². The Bertz CT molecular complexity index is 2140. The Morgan fingerprint density at radius 3 is 2.24 bits per heavy atom. The first-order chi connectivity index (χ1) is 24.2. The van der Waals surface area contributed by atoms with E-state index < -0.39 is 35.5 Å². The highest BCUT2D eigenvalue weighted by molar-refractivity contribution is 6.08. The Balaban J connectivity index is 1.15. The molecule has 3 aromatic carbocycles. The van der Waals surface area contributed by atoms with Crippen molar-refractivity contribution in [3.05, 3.63) is 156 Å². The molecule has 3 N–H and O–H groups in total. The first kappa shape index (κ1) is 33.5. The lowest BCUT2D eigenvalue weighted by Gasteiger charge is -2.18. The number of hydrogen-bond acceptors (Lipinski definition) is 6.